The van der Waals surface area contributed by atoms with E-state index in [1.54, 1.807) is 13.1 Å². The van der Waals surface area contributed by atoms with Gasteiger partial charge in [-0.05, 0) is 42.0 Å². The van der Waals surface area contributed by atoms with Crippen molar-refractivity contribution in [3.8, 4) is 6.07 Å². The predicted molar refractivity (Wildman–Crippen MR) is 127 cm³/mol. The molecule has 0 spiro atoms. The average Bonchev–Trinajstić information content (AvgIpc) is 2.75. The summed E-state index contributed by atoms with van der Waals surface area (Å²) in [5.41, 5.74) is 7.50. The van der Waals surface area contributed by atoms with Crippen LogP contribution >= 0.6 is 0 Å². The van der Waals surface area contributed by atoms with Crippen LogP contribution in [0.25, 0.3) is 5.57 Å². The number of allylic oxidation sites excluding steroid dienone is 2. The standard InChI is InChI=1S/C24H37N5O3/c1-18(2)21(12-14-25)19-8-10-20(11-9-19)28-22(30)7-6-15-27-23(31)24(3,4)13-16-32-29(5)17-26/h8-12,18H,6-7,13,15-17,26H2,1-5H3,(H,27,31)(H,28,30)/b21-12+. The molecule has 0 heterocycles. The third kappa shape index (κ3) is 9.60. The van der Waals surface area contributed by atoms with Gasteiger partial charge in [0.2, 0.25) is 11.8 Å². The van der Waals surface area contributed by atoms with E-state index in [0.717, 1.165) is 11.1 Å². The van der Waals surface area contributed by atoms with E-state index in [1.807, 2.05) is 52.0 Å². The lowest BCUT2D eigenvalue weighted by Crippen LogP contribution is -2.39. The molecule has 1 rings (SSSR count). The van der Waals surface area contributed by atoms with E-state index in [4.69, 9.17) is 15.8 Å². The molecule has 0 saturated carbocycles. The van der Waals surface area contributed by atoms with Crippen LogP contribution in [0, 0.1) is 22.7 Å². The molecular weight excluding hydrogens is 406 g/mol. The van der Waals surface area contributed by atoms with Crippen LogP contribution in [0.5, 0.6) is 0 Å². The van der Waals surface area contributed by atoms with Gasteiger partial charge in [0, 0.05) is 37.2 Å². The molecule has 0 aliphatic rings. The van der Waals surface area contributed by atoms with Gasteiger partial charge < -0.3 is 16.4 Å². The molecule has 0 saturated heterocycles. The third-order valence-corrected chi connectivity index (χ3v) is 5.12. The van der Waals surface area contributed by atoms with E-state index in [0.29, 0.717) is 38.1 Å². The van der Waals surface area contributed by atoms with Crippen molar-refractivity contribution in [2.75, 3.05) is 32.2 Å². The molecule has 2 amide bonds. The molecule has 0 aliphatic heterocycles. The van der Waals surface area contributed by atoms with E-state index in [-0.39, 0.29) is 24.4 Å². The van der Waals surface area contributed by atoms with Crippen LogP contribution in [0.2, 0.25) is 0 Å². The van der Waals surface area contributed by atoms with Crippen LogP contribution < -0.4 is 16.4 Å². The molecule has 176 valence electrons. The summed E-state index contributed by atoms with van der Waals surface area (Å²) in [5, 5.41) is 16.2. The van der Waals surface area contributed by atoms with E-state index in [9.17, 15) is 9.59 Å². The minimum atomic E-state index is -0.575. The van der Waals surface area contributed by atoms with Crippen molar-refractivity contribution in [2.45, 2.75) is 47.0 Å². The lowest BCUT2D eigenvalue weighted by Gasteiger charge is -2.24. The van der Waals surface area contributed by atoms with Gasteiger partial charge >= 0.3 is 0 Å². The van der Waals surface area contributed by atoms with Crippen molar-refractivity contribution in [3.63, 3.8) is 0 Å². The molecule has 0 aromatic heterocycles. The number of nitrogens with two attached hydrogens (primary N) is 1. The Kier molecular flexibility index (Phi) is 11.6. The van der Waals surface area contributed by atoms with Gasteiger partial charge in [0.25, 0.3) is 0 Å². The first kappa shape index (κ1) is 27.3. The van der Waals surface area contributed by atoms with E-state index >= 15 is 0 Å². The van der Waals surface area contributed by atoms with Gasteiger partial charge in [-0.2, -0.15) is 10.3 Å². The second-order valence-electron chi connectivity index (χ2n) is 8.65. The Labute approximate surface area is 191 Å². The SMILES string of the molecule is CC(C)/C(=C\C#N)c1ccc(NC(=O)CCCNC(=O)C(C)(C)CCON(C)CN)cc1. The molecule has 0 bridgehead atoms. The summed E-state index contributed by atoms with van der Waals surface area (Å²) in [5.74, 6) is 0.0510. The fourth-order valence-corrected chi connectivity index (χ4v) is 2.94. The normalized spacial score (nSPS) is 12.0. The number of benzene rings is 1. The average molecular weight is 444 g/mol. The first-order valence-electron chi connectivity index (χ1n) is 10.9. The Balaban J connectivity index is 2.40. The number of nitriles is 1. The molecular formula is C24H37N5O3. The number of rotatable bonds is 13. The molecule has 0 radical (unpaired) electrons. The molecule has 0 fully saturated rings. The van der Waals surface area contributed by atoms with Crippen molar-refractivity contribution < 1.29 is 14.4 Å². The summed E-state index contributed by atoms with van der Waals surface area (Å²) in [6.45, 7) is 8.91. The van der Waals surface area contributed by atoms with Crippen molar-refractivity contribution in [2.24, 2.45) is 17.1 Å². The van der Waals surface area contributed by atoms with Crippen molar-refractivity contribution >= 4 is 23.1 Å². The molecule has 8 nitrogen and oxygen atoms in total. The van der Waals surface area contributed by atoms with Gasteiger partial charge in [-0.25, -0.2) is 0 Å². The quantitative estimate of drug-likeness (QED) is 0.186. The van der Waals surface area contributed by atoms with E-state index in [1.165, 1.54) is 5.06 Å². The van der Waals surface area contributed by atoms with Crippen LogP contribution in [-0.2, 0) is 14.4 Å². The number of carbonyl (C=O) groups is 2. The molecule has 0 unspecified atom stereocenters. The maximum absolute atomic E-state index is 12.4. The monoisotopic (exact) mass is 443 g/mol. The van der Waals surface area contributed by atoms with Crippen LogP contribution in [0.1, 0.15) is 52.5 Å². The highest BCUT2D eigenvalue weighted by molar-refractivity contribution is 5.91. The molecule has 1 aromatic rings. The minimum absolute atomic E-state index is 0.0705. The molecule has 1 aromatic carbocycles. The second kappa shape index (κ2) is 13.6. The first-order chi connectivity index (χ1) is 15.1. The topological polar surface area (TPSA) is 120 Å². The molecule has 32 heavy (non-hydrogen) atoms. The van der Waals surface area contributed by atoms with Gasteiger partial charge in [-0.15, -0.1) is 0 Å². The Hall–Kier alpha value is -2.73. The van der Waals surface area contributed by atoms with Crippen LogP contribution in [0.15, 0.2) is 30.3 Å². The first-order valence-corrected chi connectivity index (χ1v) is 10.9. The molecule has 0 aliphatic carbocycles. The zero-order chi connectivity index (χ0) is 24.1. The Morgan fingerprint density at radius 2 is 1.94 bits per heavy atom. The highest BCUT2D eigenvalue weighted by Crippen LogP contribution is 2.24. The lowest BCUT2D eigenvalue weighted by molar-refractivity contribution is -0.150. The minimum Gasteiger partial charge on any atom is -0.356 e. The van der Waals surface area contributed by atoms with Crippen LogP contribution in [0.3, 0.4) is 0 Å². The molecule has 4 N–H and O–H groups in total. The van der Waals surface area contributed by atoms with E-state index in [2.05, 4.69) is 16.7 Å². The second-order valence-corrected chi connectivity index (χ2v) is 8.65. The van der Waals surface area contributed by atoms with Crippen LogP contribution in [-0.4, -0.2) is 43.7 Å². The van der Waals surface area contributed by atoms with Gasteiger partial charge in [0.1, 0.15) is 0 Å². The van der Waals surface area contributed by atoms with Crippen LogP contribution in [0.4, 0.5) is 5.69 Å². The van der Waals surface area contributed by atoms with Crippen molar-refractivity contribution in [1.29, 1.82) is 5.26 Å². The van der Waals surface area contributed by atoms with Gasteiger partial charge in [-0.1, -0.05) is 39.8 Å². The largest absolute Gasteiger partial charge is 0.356 e. The number of carbonyl (C=O) groups excluding carboxylic acids is 2. The zero-order valence-electron chi connectivity index (χ0n) is 19.9. The van der Waals surface area contributed by atoms with Gasteiger partial charge in [0.05, 0.1) is 19.3 Å². The summed E-state index contributed by atoms with van der Waals surface area (Å²) in [7, 11) is 1.74. The number of nitrogens with zero attached hydrogens (tertiary/aromatic N) is 2. The number of hydrogen-bond acceptors (Lipinski definition) is 6. The summed E-state index contributed by atoms with van der Waals surface area (Å²) in [6, 6.07) is 9.54. The molecule has 0 atom stereocenters. The zero-order valence-corrected chi connectivity index (χ0v) is 19.9. The fraction of sp³-hybridized carbons (Fsp3) is 0.542. The fourth-order valence-electron chi connectivity index (χ4n) is 2.94. The van der Waals surface area contributed by atoms with E-state index < -0.39 is 5.41 Å². The van der Waals surface area contributed by atoms with Crippen molar-refractivity contribution in [3.05, 3.63) is 35.9 Å². The Morgan fingerprint density at radius 3 is 2.50 bits per heavy atom. The van der Waals surface area contributed by atoms with Crippen molar-refractivity contribution in [1.82, 2.24) is 10.4 Å². The van der Waals surface area contributed by atoms with Gasteiger partial charge in [0.15, 0.2) is 0 Å². The van der Waals surface area contributed by atoms with Gasteiger partial charge in [-0.3, -0.25) is 14.4 Å². The third-order valence-electron chi connectivity index (χ3n) is 5.12. The maximum Gasteiger partial charge on any atom is 0.225 e. The number of amides is 2. The number of hydrogen-bond donors (Lipinski definition) is 3. The smallest absolute Gasteiger partial charge is 0.225 e. The summed E-state index contributed by atoms with van der Waals surface area (Å²) in [6.07, 6.45) is 2.96. The summed E-state index contributed by atoms with van der Waals surface area (Å²) < 4.78 is 0. The summed E-state index contributed by atoms with van der Waals surface area (Å²) in [4.78, 5) is 30.0. The number of nitrogens with one attached hydrogen (secondary N) is 2. The highest BCUT2D eigenvalue weighted by atomic mass is 16.7. The number of hydroxylamine groups is 2. The number of anilines is 1. The highest BCUT2D eigenvalue weighted by Gasteiger charge is 2.27. The Morgan fingerprint density at radius 1 is 1.28 bits per heavy atom. The summed E-state index contributed by atoms with van der Waals surface area (Å²) >= 11 is 0. The predicted octanol–water partition coefficient (Wildman–Crippen LogP) is 3.28. The Bertz CT molecular complexity index is 810. The molecule has 8 heteroatoms. The lowest BCUT2D eigenvalue weighted by atomic mass is 9.88. The maximum atomic E-state index is 12.4.